The third-order valence-electron chi connectivity index (χ3n) is 1.70. The Bertz CT molecular complexity index is 430. The molecule has 0 bridgehead atoms. The maximum Gasteiger partial charge on any atom is 0.296 e. The molecule has 0 aliphatic carbocycles. The molecule has 1 aromatic carbocycles. The first-order chi connectivity index (χ1) is 7.45. The lowest BCUT2D eigenvalue weighted by Gasteiger charge is -2.04. The van der Waals surface area contributed by atoms with E-state index < -0.39 is 16.7 Å². The molecule has 0 saturated heterocycles. The van der Waals surface area contributed by atoms with Crippen molar-refractivity contribution in [2.45, 2.75) is 24.7 Å². The molecule has 0 aliphatic heterocycles. The molecule has 1 aromatic rings. The average Bonchev–Trinajstić information content (AvgIpc) is 2.17. The van der Waals surface area contributed by atoms with Crippen molar-refractivity contribution in [2.24, 2.45) is 0 Å². The first kappa shape index (κ1) is 11.1. The lowest BCUT2D eigenvalue weighted by Crippen LogP contribution is -2.07. The molecule has 0 radical (unpaired) electrons. The van der Waals surface area contributed by atoms with Crippen molar-refractivity contribution in [1.29, 1.82) is 0 Å². The van der Waals surface area contributed by atoms with E-state index in [-0.39, 0.29) is 4.90 Å². The standard InChI is InChI=1S/C10H13BrO3S/c1-2-3-8-14-15(12,13)10-6-4-9(11)5-7-10/h4-7H,2-3,8H2,1H3/i8D/t8-/m1/s1. The van der Waals surface area contributed by atoms with E-state index in [0.717, 1.165) is 4.47 Å². The summed E-state index contributed by atoms with van der Waals surface area (Å²) in [5.74, 6) is 0. The summed E-state index contributed by atoms with van der Waals surface area (Å²) in [5.41, 5.74) is 0. The van der Waals surface area contributed by atoms with E-state index in [9.17, 15) is 8.42 Å². The molecule has 0 spiro atoms. The summed E-state index contributed by atoms with van der Waals surface area (Å²) >= 11 is 3.22. The molecule has 0 fully saturated rings. The van der Waals surface area contributed by atoms with E-state index >= 15 is 0 Å². The van der Waals surface area contributed by atoms with Crippen molar-refractivity contribution >= 4 is 26.0 Å². The number of rotatable bonds is 5. The Hall–Kier alpha value is -0.390. The molecule has 1 rings (SSSR count). The first-order valence-corrected chi connectivity index (χ1v) is 6.77. The maximum absolute atomic E-state index is 11.7. The Morgan fingerprint density at radius 2 is 2.00 bits per heavy atom. The number of halogens is 1. The quantitative estimate of drug-likeness (QED) is 0.784. The molecule has 1 atom stereocenters. The maximum atomic E-state index is 11.7. The van der Waals surface area contributed by atoms with Gasteiger partial charge in [-0.3, -0.25) is 4.18 Å². The van der Waals surface area contributed by atoms with Gasteiger partial charge < -0.3 is 0 Å². The normalized spacial score (nSPS) is 14.7. The molecule has 15 heavy (non-hydrogen) atoms. The zero-order chi connectivity index (χ0) is 12.2. The third kappa shape index (κ3) is 3.93. The minimum absolute atomic E-state index is 0.0732. The summed E-state index contributed by atoms with van der Waals surface area (Å²) in [7, 11) is -3.81. The van der Waals surface area contributed by atoms with Gasteiger partial charge in [0, 0.05) is 4.47 Å². The van der Waals surface area contributed by atoms with Gasteiger partial charge in [-0.25, -0.2) is 0 Å². The van der Waals surface area contributed by atoms with Gasteiger partial charge in [0.1, 0.15) is 0 Å². The Balaban J connectivity index is 2.82. The minimum Gasteiger partial charge on any atom is -0.266 e. The Morgan fingerprint density at radius 1 is 1.40 bits per heavy atom. The van der Waals surface area contributed by atoms with E-state index in [1.807, 2.05) is 6.92 Å². The van der Waals surface area contributed by atoms with Gasteiger partial charge in [0.25, 0.3) is 10.1 Å². The molecular weight excluding hydrogens is 280 g/mol. The van der Waals surface area contributed by atoms with Gasteiger partial charge >= 0.3 is 0 Å². The van der Waals surface area contributed by atoms with Crippen LogP contribution in [0.4, 0.5) is 0 Å². The predicted octanol–water partition coefficient (Wildman–Crippen LogP) is 2.95. The summed E-state index contributed by atoms with van der Waals surface area (Å²) in [6.45, 7) is 0.843. The second-order valence-corrected chi connectivity index (χ2v) is 5.45. The van der Waals surface area contributed by atoms with Crippen LogP contribution in [0.5, 0.6) is 0 Å². The van der Waals surface area contributed by atoms with Gasteiger partial charge in [-0.05, 0) is 30.7 Å². The number of hydrogen-bond acceptors (Lipinski definition) is 3. The molecule has 0 unspecified atom stereocenters. The molecule has 0 aliphatic rings. The Labute approximate surface area is 100 Å². The van der Waals surface area contributed by atoms with E-state index in [0.29, 0.717) is 12.8 Å². The first-order valence-electron chi connectivity index (χ1n) is 5.14. The van der Waals surface area contributed by atoms with Crippen molar-refractivity contribution in [3.05, 3.63) is 28.7 Å². The van der Waals surface area contributed by atoms with Gasteiger partial charge in [-0.15, -0.1) is 0 Å². The van der Waals surface area contributed by atoms with Gasteiger partial charge in [0.15, 0.2) is 0 Å². The average molecular weight is 294 g/mol. The lowest BCUT2D eigenvalue weighted by molar-refractivity contribution is 0.311. The molecule has 0 aromatic heterocycles. The molecule has 0 N–H and O–H groups in total. The predicted molar refractivity (Wildman–Crippen MR) is 62.2 cm³/mol. The fourth-order valence-electron chi connectivity index (χ4n) is 0.912. The monoisotopic (exact) mass is 293 g/mol. The highest BCUT2D eigenvalue weighted by atomic mass is 79.9. The SMILES string of the molecule is [2H][C@H](CCC)OS(=O)(=O)c1ccc(Br)cc1. The summed E-state index contributed by atoms with van der Waals surface area (Å²) in [6, 6.07) is 6.13. The Kier molecular flexibility index (Phi) is 4.17. The summed E-state index contributed by atoms with van der Waals surface area (Å²) < 4.78 is 36.3. The fourth-order valence-corrected chi connectivity index (χ4v) is 2.03. The van der Waals surface area contributed by atoms with Crippen LogP contribution in [0.15, 0.2) is 33.6 Å². The van der Waals surface area contributed by atoms with Crippen LogP contribution in [0.1, 0.15) is 21.1 Å². The summed E-state index contributed by atoms with van der Waals surface area (Å²) in [6.07, 6.45) is 1.11. The number of benzene rings is 1. The van der Waals surface area contributed by atoms with E-state index in [2.05, 4.69) is 15.9 Å². The second-order valence-electron chi connectivity index (χ2n) is 2.96. The van der Waals surface area contributed by atoms with Crippen LogP contribution >= 0.6 is 15.9 Å². The van der Waals surface area contributed by atoms with E-state index in [1.165, 1.54) is 12.1 Å². The molecule has 5 heteroatoms. The van der Waals surface area contributed by atoms with Crippen LogP contribution in [0, 0.1) is 0 Å². The van der Waals surface area contributed by atoms with Crippen molar-refractivity contribution in [3.8, 4) is 0 Å². The summed E-state index contributed by atoms with van der Waals surface area (Å²) in [5, 5.41) is 0. The van der Waals surface area contributed by atoms with Crippen LogP contribution in [0.25, 0.3) is 0 Å². The highest BCUT2D eigenvalue weighted by molar-refractivity contribution is 9.10. The number of hydrogen-bond donors (Lipinski definition) is 0. The fraction of sp³-hybridized carbons (Fsp3) is 0.400. The molecule has 0 heterocycles. The van der Waals surface area contributed by atoms with Crippen LogP contribution in [-0.4, -0.2) is 15.0 Å². The van der Waals surface area contributed by atoms with Crippen molar-refractivity contribution in [2.75, 3.05) is 6.58 Å². The van der Waals surface area contributed by atoms with Gasteiger partial charge in [0.2, 0.25) is 0 Å². The van der Waals surface area contributed by atoms with Crippen LogP contribution in [0.3, 0.4) is 0 Å². The molecule has 84 valence electrons. The summed E-state index contributed by atoms with van der Waals surface area (Å²) in [4.78, 5) is 0.0732. The van der Waals surface area contributed by atoms with E-state index in [1.54, 1.807) is 12.1 Å². The van der Waals surface area contributed by atoms with Crippen LogP contribution < -0.4 is 0 Å². The topological polar surface area (TPSA) is 43.4 Å². The largest absolute Gasteiger partial charge is 0.296 e. The Morgan fingerprint density at radius 3 is 2.53 bits per heavy atom. The van der Waals surface area contributed by atoms with Gasteiger partial charge in [-0.2, -0.15) is 8.42 Å². The van der Waals surface area contributed by atoms with Crippen LogP contribution in [-0.2, 0) is 14.3 Å². The highest BCUT2D eigenvalue weighted by Crippen LogP contribution is 2.16. The lowest BCUT2D eigenvalue weighted by atomic mass is 10.4. The molecule has 0 saturated carbocycles. The zero-order valence-corrected chi connectivity index (χ0v) is 10.7. The van der Waals surface area contributed by atoms with Crippen LogP contribution in [0.2, 0.25) is 0 Å². The third-order valence-corrected chi connectivity index (χ3v) is 3.47. The van der Waals surface area contributed by atoms with Gasteiger partial charge in [0.05, 0.1) is 12.8 Å². The van der Waals surface area contributed by atoms with E-state index in [4.69, 9.17) is 5.55 Å². The molecule has 3 nitrogen and oxygen atoms in total. The smallest absolute Gasteiger partial charge is 0.266 e. The molecular formula is C10H13BrO3S. The second kappa shape index (κ2) is 5.63. The minimum atomic E-state index is -3.81. The molecule has 0 amide bonds. The zero-order valence-electron chi connectivity index (χ0n) is 9.31. The van der Waals surface area contributed by atoms with Crippen molar-refractivity contribution in [3.63, 3.8) is 0 Å². The van der Waals surface area contributed by atoms with Crippen molar-refractivity contribution in [1.82, 2.24) is 0 Å². The highest BCUT2D eigenvalue weighted by Gasteiger charge is 2.13. The van der Waals surface area contributed by atoms with Gasteiger partial charge in [-0.1, -0.05) is 29.3 Å². The van der Waals surface area contributed by atoms with Crippen molar-refractivity contribution < 1.29 is 14.0 Å².